The number of nitriles is 6. The first-order valence-corrected chi connectivity index (χ1v) is 40.7. The van der Waals surface area contributed by atoms with Crippen molar-refractivity contribution in [1.29, 1.82) is 31.6 Å². The second-order valence-corrected chi connectivity index (χ2v) is 34.5. The van der Waals surface area contributed by atoms with Crippen LogP contribution in [0.25, 0.3) is 11.1 Å². The van der Waals surface area contributed by atoms with Gasteiger partial charge < -0.3 is 10.0 Å². The van der Waals surface area contributed by atoms with Crippen LogP contribution in [0.4, 0.5) is 0 Å². The monoisotopic (exact) mass is 1950 g/mol. The van der Waals surface area contributed by atoms with Gasteiger partial charge in [0.05, 0.1) is 84.0 Å². The number of rotatable bonds is 13. The maximum Gasteiger partial charge on any atom is 0.488 e. The third kappa shape index (κ3) is 34.0. The lowest BCUT2D eigenvalue weighted by Crippen LogP contribution is -2.29. The minimum absolute atomic E-state index is 0.408. The van der Waals surface area contributed by atoms with Crippen molar-refractivity contribution in [3.8, 4) is 47.5 Å². The van der Waals surface area contributed by atoms with Gasteiger partial charge in [-0.1, -0.05) is 201 Å². The van der Waals surface area contributed by atoms with Gasteiger partial charge in [-0.15, -0.1) is 0 Å². The largest absolute Gasteiger partial charge is 0.488 e. The Kier molecular flexibility index (Phi) is 39.7. The molecule has 0 spiro atoms. The second kappa shape index (κ2) is 46.2. The molecule has 2 aromatic heterocycles. The van der Waals surface area contributed by atoms with Crippen molar-refractivity contribution in [3.05, 3.63) is 316 Å². The highest BCUT2D eigenvalue weighted by Gasteiger charge is 2.24. The van der Waals surface area contributed by atoms with Gasteiger partial charge >= 0.3 is 7.12 Å². The summed E-state index contributed by atoms with van der Waals surface area (Å²) in [5, 5.41) is 81.1. The summed E-state index contributed by atoms with van der Waals surface area (Å²) < 4.78 is 9.80. The Labute approximate surface area is 717 Å². The van der Waals surface area contributed by atoms with Gasteiger partial charge in [0.25, 0.3) is 0 Å². The number of alkyl halides is 1. The van der Waals surface area contributed by atoms with E-state index in [1.807, 2.05) is 185 Å². The average molecular weight is 1960 g/mol. The maximum atomic E-state index is 9.50. The van der Waals surface area contributed by atoms with Crippen LogP contribution in [-0.2, 0) is 52.9 Å². The van der Waals surface area contributed by atoms with E-state index in [-0.39, 0.29) is 0 Å². The Morgan fingerprint density at radius 2 is 0.718 bits per heavy atom. The first kappa shape index (κ1) is 94.5. The third-order valence-corrected chi connectivity index (χ3v) is 19.9. The molecule has 0 amide bonds. The molecular formula is C86H84BBr7Cl2N12O2. The molecule has 0 saturated carbocycles. The maximum absolute atomic E-state index is 9.50. The molecule has 0 fully saturated rings. The fourth-order valence-corrected chi connectivity index (χ4v) is 14.6. The molecule has 2 N–H and O–H groups in total. The highest BCUT2D eigenvalue weighted by atomic mass is 79.9. The molecule has 0 saturated heterocycles. The van der Waals surface area contributed by atoms with Crippen LogP contribution < -0.4 is 5.46 Å². The predicted molar refractivity (Wildman–Crippen MR) is 471 cm³/mol. The van der Waals surface area contributed by atoms with Crippen molar-refractivity contribution < 1.29 is 10.0 Å². The minimum atomic E-state index is -1.43. The lowest BCUT2D eigenvalue weighted by Gasteiger charge is -2.19. The van der Waals surface area contributed by atoms with Gasteiger partial charge in [-0.25, -0.2) is 19.3 Å². The molecule has 0 bridgehead atoms. The van der Waals surface area contributed by atoms with E-state index in [4.69, 9.17) is 54.3 Å². The standard InChI is InChI=1S/C19H17ClN4.C13H13BrN4.C11H11Br2N.C11H12BrN.2C9H8BrN.C8H9Br.C6H6BClO2/c1-19(2,11-21)17-7-14(10-24-13-22-12-23-24)6-16(8-17)15-4-3-5-18(20)9-15;1-13(2,7-15)11-3-10(4-12(14)5-11)6-18-9-16-8-17-18;1-11(2,7-14)9-3-8(6-12)4-10(13)5-9;1-8-4-9(6-10(12)5-8)11(2,3)7-13;2*1-7-4-8(2-3-11)6-9(10)5-7;1-6-3-7(2)5-8(9)4-6;8-6-3-1-2-5(4-6)7(9)10/h3-9,12-13H,10H2,1-2H3;3-5,8-9H,6H2,1-2H3;3-5H,6H2,1-2H3;4-6H,1-3H3;2*4-6H,2H2,1H3;3-5H,1-2H3;1-4,9-10H. The van der Waals surface area contributed by atoms with Gasteiger partial charge in [0, 0.05) is 42.2 Å². The summed E-state index contributed by atoms with van der Waals surface area (Å²) in [5.74, 6) is 0. The molecule has 566 valence electrons. The van der Waals surface area contributed by atoms with Gasteiger partial charge in [0.1, 0.15) is 25.3 Å². The number of benzene rings is 9. The van der Waals surface area contributed by atoms with E-state index in [0.29, 0.717) is 41.4 Å². The van der Waals surface area contributed by atoms with E-state index >= 15 is 0 Å². The van der Waals surface area contributed by atoms with Crippen LogP contribution in [-0.4, -0.2) is 46.7 Å². The smallest absolute Gasteiger partial charge is 0.423 e. The molecule has 9 aromatic carbocycles. The highest BCUT2D eigenvalue weighted by Crippen LogP contribution is 2.33. The molecule has 0 radical (unpaired) electrons. The molecule has 0 aliphatic heterocycles. The summed E-state index contributed by atoms with van der Waals surface area (Å²) in [6.45, 7) is 26.9. The Morgan fingerprint density at radius 3 is 1.06 bits per heavy atom. The first-order valence-electron chi connectivity index (χ1n) is 34.0. The van der Waals surface area contributed by atoms with Crippen molar-refractivity contribution in [3.63, 3.8) is 0 Å². The molecule has 0 atom stereocenters. The van der Waals surface area contributed by atoms with Gasteiger partial charge in [0.15, 0.2) is 0 Å². The Bertz CT molecular complexity index is 4940. The molecule has 24 heteroatoms. The van der Waals surface area contributed by atoms with Crippen molar-refractivity contribution in [2.45, 2.75) is 143 Å². The summed E-state index contributed by atoms with van der Waals surface area (Å²) >= 11 is 35.6. The van der Waals surface area contributed by atoms with Crippen LogP contribution in [0.5, 0.6) is 0 Å². The normalized spacial score (nSPS) is 10.5. The molecule has 14 nitrogen and oxygen atoms in total. The molecule has 0 unspecified atom stereocenters. The van der Waals surface area contributed by atoms with Crippen LogP contribution in [0.2, 0.25) is 10.0 Å². The SMILES string of the molecule is CC(C)(C#N)c1cc(Br)cc(CBr)c1.CC(C)(C#N)c1cc(Br)cc(Cn2cncn2)c1.CC(C)(C#N)c1cc(Cn2cncn2)cc(-c2cccc(Cl)c2)c1.Cc1cc(Br)cc(C(C)(C)C#N)c1.Cc1cc(Br)cc(CC#N)c1.Cc1cc(Br)cc(CC#N)c1.Cc1cc(C)cc(Br)c1.OB(O)c1cccc(Cl)c1. The van der Waals surface area contributed by atoms with Crippen molar-refractivity contribution >= 4 is 147 Å². The minimum Gasteiger partial charge on any atom is -0.423 e. The zero-order chi connectivity index (χ0) is 82.1. The molecule has 11 rings (SSSR count). The summed E-state index contributed by atoms with van der Waals surface area (Å²) in [7, 11) is -1.43. The van der Waals surface area contributed by atoms with Crippen LogP contribution in [0, 0.1) is 103 Å². The molecule has 2 heterocycles. The number of hydrogen-bond acceptors (Lipinski definition) is 12. The summed E-state index contributed by atoms with van der Waals surface area (Å²) in [6.07, 6.45) is 7.36. The fraction of sp³-hybridized carbons (Fsp3) is 0.256. The highest BCUT2D eigenvalue weighted by molar-refractivity contribution is 9.11. The van der Waals surface area contributed by atoms with E-state index in [0.717, 1.165) is 83.3 Å². The van der Waals surface area contributed by atoms with E-state index in [1.54, 1.807) is 40.2 Å². The van der Waals surface area contributed by atoms with Crippen LogP contribution >= 0.6 is 135 Å². The van der Waals surface area contributed by atoms with E-state index < -0.39 is 28.8 Å². The van der Waals surface area contributed by atoms with E-state index in [9.17, 15) is 10.5 Å². The van der Waals surface area contributed by atoms with Crippen LogP contribution in [0.3, 0.4) is 0 Å². The molecule has 0 aliphatic carbocycles. The fourth-order valence-electron chi connectivity index (χ4n) is 10.1. The van der Waals surface area contributed by atoms with Gasteiger partial charge in [-0.05, 0) is 294 Å². The van der Waals surface area contributed by atoms with Crippen molar-refractivity contribution in [1.82, 2.24) is 29.5 Å². The zero-order valence-electron chi connectivity index (χ0n) is 63.3. The second-order valence-electron chi connectivity index (χ2n) is 27.6. The quantitative estimate of drug-likeness (QED) is 0.0808. The number of hydrogen-bond donors (Lipinski definition) is 2. The van der Waals surface area contributed by atoms with Crippen LogP contribution in [0.1, 0.15) is 133 Å². The van der Waals surface area contributed by atoms with Gasteiger partial charge in [-0.2, -0.15) is 41.8 Å². The Balaban J connectivity index is 0.000000271. The van der Waals surface area contributed by atoms with E-state index in [2.05, 4.69) is 224 Å². The molecule has 11 aromatic rings. The number of halogens is 9. The lowest BCUT2D eigenvalue weighted by molar-refractivity contribution is 0.426. The lowest BCUT2D eigenvalue weighted by atomic mass is 9.81. The predicted octanol–water partition coefficient (Wildman–Crippen LogP) is 23.8. The van der Waals surface area contributed by atoms with Gasteiger partial charge in [-0.3, -0.25) is 0 Å². The number of aryl methyl sites for hydroxylation is 5. The van der Waals surface area contributed by atoms with Crippen molar-refractivity contribution in [2.24, 2.45) is 0 Å². The summed E-state index contributed by atoms with van der Waals surface area (Å²) in [4.78, 5) is 7.90. The summed E-state index contributed by atoms with van der Waals surface area (Å²) in [6, 6.07) is 70.5. The zero-order valence-corrected chi connectivity index (χ0v) is 75.9. The van der Waals surface area contributed by atoms with E-state index in [1.165, 1.54) is 56.6 Å². The first-order chi connectivity index (χ1) is 51.7. The molecule has 0 aliphatic rings. The number of nitrogens with zero attached hydrogens (tertiary/aromatic N) is 12. The summed E-state index contributed by atoms with van der Waals surface area (Å²) in [5.41, 5.74) is 16.3. The topological polar surface area (TPSA) is 245 Å². The van der Waals surface area contributed by atoms with Gasteiger partial charge in [0.2, 0.25) is 0 Å². The van der Waals surface area contributed by atoms with Crippen molar-refractivity contribution in [2.75, 3.05) is 0 Å². The molecular weight excluding hydrogens is 1870 g/mol. The average Bonchev–Trinajstić information content (AvgIpc) is 0.955. The number of aromatic nitrogens is 6. The Hall–Kier alpha value is -7.88. The Morgan fingerprint density at radius 1 is 0.382 bits per heavy atom. The third-order valence-electron chi connectivity index (χ3n) is 16.0. The molecule has 110 heavy (non-hydrogen) atoms. The van der Waals surface area contributed by atoms with Crippen LogP contribution in [0.15, 0.2) is 228 Å².